The van der Waals surface area contributed by atoms with Crippen molar-refractivity contribution in [2.75, 3.05) is 6.61 Å². The molecule has 0 saturated heterocycles. The lowest BCUT2D eigenvalue weighted by molar-refractivity contribution is -0.304. The standard InChI is InChI=1S/C29H52F2O2/c1-4-7-8-21-9-12-25(13-10-21)29(30,31)33-26-14-16-28(24(6-3)20-26)27-15-11-22(17-18-32)19-23(27)5-2/h21-28,32H,4-20H2,1-3H3. The van der Waals surface area contributed by atoms with Crippen LogP contribution in [-0.2, 0) is 4.74 Å². The van der Waals surface area contributed by atoms with Crippen molar-refractivity contribution in [1.82, 2.24) is 0 Å². The van der Waals surface area contributed by atoms with E-state index >= 15 is 8.78 Å². The summed E-state index contributed by atoms with van der Waals surface area (Å²) >= 11 is 0. The summed E-state index contributed by atoms with van der Waals surface area (Å²) in [4.78, 5) is 0. The number of halogens is 2. The fraction of sp³-hybridized carbons (Fsp3) is 1.00. The maximum absolute atomic E-state index is 15.1. The van der Waals surface area contributed by atoms with Gasteiger partial charge in [-0.1, -0.05) is 59.3 Å². The van der Waals surface area contributed by atoms with Crippen LogP contribution in [0.15, 0.2) is 0 Å². The van der Waals surface area contributed by atoms with Gasteiger partial charge in [-0.3, -0.25) is 0 Å². The molecule has 4 heteroatoms. The lowest BCUT2D eigenvalue weighted by atomic mass is 9.60. The lowest BCUT2D eigenvalue weighted by Crippen LogP contribution is -2.43. The molecular weight excluding hydrogens is 418 g/mol. The van der Waals surface area contributed by atoms with Crippen LogP contribution >= 0.6 is 0 Å². The van der Waals surface area contributed by atoms with Gasteiger partial charge in [-0.25, -0.2) is 0 Å². The normalized spacial score (nSPS) is 38.4. The van der Waals surface area contributed by atoms with Crippen molar-refractivity contribution in [2.24, 2.45) is 41.4 Å². The second-order valence-electron chi connectivity index (χ2n) is 11.8. The molecule has 0 radical (unpaired) electrons. The first kappa shape index (κ1) is 27.4. The van der Waals surface area contributed by atoms with E-state index in [4.69, 9.17) is 4.74 Å². The highest BCUT2D eigenvalue weighted by Gasteiger charge is 2.47. The molecule has 0 aliphatic heterocycles. The van der Waals surface area contributed by atoms with Crippen LogP contribution in [0, 0.1) is 41.4 Å². The summed E-state index contributed by atoms with van der Waals surface area (Å²) in [6.07, 6.45) is 13.2. The molecular formula is C29H52F2O2. The van der Waals surface area contributed by atoms with Gasteiger partial charge in [0, 0.05) is 6.61 Å². The molecule has 3 rings (SSSR count). The summed E-state index contributed by atoms with van der Waals surface area (Å²) in [5, 5.41) is 9.36. The van der Waals surface area contributed by atoms with Crippen LogP contribution in [0.1, 0.15) is 124 Å². The van der Waals surface area contributed by atoms with Gasteiger partial charge in [0.2, 0.25) is 0 Å². The quantitative estimate of drug-likeness (QED) is 0.327. The molecule has 0 bridgehead atoms. The number of hydrogen-bond donors (Lipinski definition) is 1. The van der Waals surface area contributed by atoms with Gasteiger partial charge in [0.05, 0.1) is 12.0 Å². The predicted molar refractivity (Wildman–Crippen MR) is 132 cm³/mol. The van der Waals surface area contributed by atoms with Crippen LogP contribution in [0.3, 0.4) is 0 Å². The molecule has 6 unspecified atom stereocenters. The van der Waals surface area contributed by atoms with E-state index in [9.17, 15) is 5.11 Å². The summed E-state index contributed by atoms with van der Waals surface area (Å²) in [5.41, 5.74) is 0. The van der Waals surface area contributed by atoms with Gasteiger partial charge in [-0.15, -0.1) is 0 Å². The smallest absolute Gasteiger partial charge is 0.358 e. The number of aliphatic hydroxyl groups excluding tert-OH is 1. The molecule has 0 aromatic carbocycles. The SMILES string of the molecule is CCCCC1CCC(C(F)(F)OC2CCC(C3CCC(CCO)CC3CC)C(CC)C2)CC1. The summed E-state index contributed by atoms with van der Waals surface area (Å²) in [5.74, 6) is 3.38. The lowest BCUT2D eigenvalue weighted by Gasteiger charge is -2.47. The van der Waals surface area contributed by atoms with Crippen molar-refractivity contribution in [3.8, 4) is 0 Å². The van der Waals surface area contributed by atoms with Crippen molar-refractivity contribution >= 4 is 0 Å². The molecule has 0 aromatic heterocycles. The minimum atomic E-state index is -2.96. The molecule has 3 saturated carbocycles. The Hall–Kier alpha value is -0.220. The number of ether oxygens (including phenoxy) is 1. The third-order valence-corrected chi connectivity index (χ3v) is 9.89. The summed E-state index contributed by atoms with van der Waals surface area (Å²) in [6.45, 7) is 7.07. The van der Waals surface area contributed by atoms with E-state index in [1.165, 1.54) is 44.9 Å². The van der Waals surface area contributed by atoms with Gasteiger partial charge in [-0.05, 0) is 99.7 Å². The van der Waals surface area contributed by atoms with Gasteiger partial charge in [0.1, 0.15) is 0 Å². The Morgan fingerprint density at radius 2 is 1.36 bits per heavy atom. The zero-order valence-corrected chi connectivity index (χ0v) is 21.8. The first-order valence-electron chi connectivity index (χ1n) is 14.6. The topological polar surface area (TPSA) is 29.5 Å². The highest BCUT2D eigenvalue weighted by Crippen LogP contribution is 2.50. The molecule has 1 N–H and O–H groups in total. The monoisotopic (exact) mass is 470 g/mol. The molecule has 33 heavy (non-hydrogen) atoms. The van der Waals surface area contributed by atoms with E-state index in [2.05, 4.69) is 20.8 Å². The second-order valence-corrected chi connectivity index (χ2v) is 11.8. The van der Waals surface area contributed by atoms with Crippen LogP contribution in [-0.4, -0.2) is 23.9 Å². The van der Waals surface area contributed by atoms with Crippen molar-refractivity contribution in [3.05, 3.63) is 0 Å². The zero-order chi connectivity index (χ0) is 23.8. The van der Waals surface area contributed by atoms with Crippen molar-refractivity contribution in [3.63, 3.8) is 0 Å². The molecule has 3 aliphatic carbocycles. The molecule has 0 spiro atoms. The fourth-order valence-electron chi connectivity index (χ4n) is 7.85. The summed E-state index contributed by atoms with van der Waals surface area (Å²) < 4.78 is 35.9. The number of hydrogen-bond acceptors (Lipinski definition) is 2. The van der Waals surface area contributed by atoms with Crippen LogP contribution in [0.5, 0.6) is 0 Å². The number of alkyl halides is 2. The molecule has 0 amide bonds. The van der Waals surface area contributed by atoms with Gasteiger partial charge >= 0.3 is 6.11 Å². The Kier molecular flexibility index (Phi) is 10.9. The maximum Gasteiger partial charge on any atom is 0.358 e. The van der Waals surface area contributed by atoms with Crippen molar-refractivity contribution < 1.29 is 18.6 Å². The van der Waals surface area contributed by atoms with E-state index < -0.39 is 12.0 Å². The van der Waals surface area contributed by atoms with E-state index in [-0.39, 0.29) is 6.10 Å². The highest BCUT2D eigenvalue weighted by atomic mass is 19.3. The fourth-order valence-corrected chi connectivity index (χ4v) is 7.85. The van der Waals surface area contributed by atoms with E-state index in [1.54, 1.807) is 0 Å². The average molecular weight is 471 g/mol. The van der Waals surface area contributed by atoms with Gasteiger partial charge in [-0.2, -0.15) is 8.78 Å². The first-order chi connectivity index (χ1) is 15.9. The number of unbranched alkanes of at least 4 members (excludes halogenated alkanes) is 1. The molecule has 0 heterocycles. The molecule has 2 nitrogen and oxygen atoms in total. The highest BCUT2D eigenvalue weighted by molar-refractivity contribution is 4.91. The van der Waals surface area contributed by atoms with Crippen molar-refractivity contribution in [1.29, 1.82) is 0 Å². The molecule has 194 valence electrons. The molecule has 6 atom stereocenters. The van der Waals surface area contributed by atoms with Gasteiger partial charge in [0.25, 0.3) is 0 Å². The van der Waals surface area contributed by atoms with Crippen molar-refractivity contribution in [2.45, 2.75) is 136 Å². The predicted octanol–water partition coefficient (Wildman–Crippen LogP) is 8.61. The van der Waals surface area contributed by atoms with Crippen LogP contribution in [0.2, 0.25) is 0 Å². The third-order valence-electron chi connectivity index (χ3n) is 9.89. The van der Waals surface area contributed by atoms with E-state index in [0.29, 0.717) is 43.1 Å². The first-order valence-corrected chi connectivity index (χ1v) is 14.6. The average Bonchev–Trinajstić information content (AvgIpc) is 2.83. The Bertz CT molecular complexity index is 546. The van der Waals surface area contributed by atoms with Gasteiger partial charge < -0.3 is 9.84 Å². The molecule has 3 fully saturated rings. The Balaban J connectivity index is 1.52. The number of aliphatic hydroxyl groups is 1. The molecule has 0 aromatic rings. The Morgan fingerprint density at radius 3 is 1.97 bits per heavy atom. The Morgan fingerprint density at radius 1 is 0.758 bits per heavy atom. The minimum Gasteiger partial charge on any atom is -0.396 e. The van der Waals surface area contributed by atoms with Crippen LogP contribution in [0.25, 0.3) is 0 Å². The summed E-state index contributed by atoms with van der Waals surface area (Å²) in [7, 11) is 0. The number of rotatable bonds is 11. The summed E-state index contributed by atoms with van der Waals surface area (Å²) in [6, 6.07) is 0. The van der Waals surface area contributed by atoms with Crippen LogP contribution < -0.4 is 0 Å². The minimum absolute atomic E-state index is 0.273. The van der Waals surface area contributed by atoms with Gasteiger partial charge in [0.15, 0.2) is 0 Å². The van der Waals surface area contributed by atoms with Crippen LogP contribution in [0.4, 0.5) is 8.78 Å². The largest absolute Gasteiger partial charge is 0.396 e. The van der Waals surface area contributed by atoms with E-state index in [1.807, 2.05) is 0 Å². The maximum atomic E-state index is 15.1. The zero-order valence-electron chi connectivity index (χ0n) is 21.8. The second kappa shape index (κ2) is 13.2. The molecule has 3 aliphatic rings. The third kappa shape index (κ3) is 7.38. The Labute approximate surface area is 202 Å². The van der Waals surface area contributed by atoms with E-state index in [0.717, 1.165) is 56.8 Å².